The van der Waals surface area contributed by atoms with Gasteiger partial charge in [-0.25, -0.2) is 8.42 Å². The largest absolute Gasteiger partial charge is 0.236 e. The van der Waals surface area contributed by atoms with E-state index in [9.17, 15) is 8.42 Å². The molecule has 17 heavy (non-hydrogen) atoms. The second-order valence-corrected chi connectivity index (χ2v) is 5.96. The lowest BCUT2D eigenvalue weighted by Gasteiger charge is -2.16. The summed E-state index contributed by atoms with van der Waals surface area (Å²) in [6.45, 7) is 2.43. The molecule has 0 amide bonds. The highest BCUT2D eigenvalue weighted by atomic mass is 32.2. The molecule has 0 N–H and O–H groups in total. The van der Waals surface area contributed by atoms with E-state index in [2.05, 4.69) is 0 Å². The third-order valence-corrected chi connectivity index (χ3v) is 4.51. The Morgan fingerprint density at radius 3 is 2.47 bits per heavy atom. The summed E-state index contributed by atoms with van der Waals surface area (Å²) in [7, 11) is -3.25. The Morgan fingerprint density at radius 2 is 1.94 bits per heavy atom. The maximum atomic E-state index is 12.1. The molecule has 0 radical (unpaired) electrons. The monoisotopic (exact) mass is 251 g/mol. The molecule has 0 aromatic heterocycles. The van der Waals surface area contributed by atoms with Gasteiger partial charge < -0.3 is 0 Å². The summed E-state index contributed by atoms with van der Waals surface area (Å²) in [5, 5.41) is 1.31. The topological polar surface area (TPSA) is 37.4 Å². The fraction of sp³-hybridized carbons (Fsp3) is 0.385. The lowest BCUT2D eigenvalue weighted by atomic mass is 10.2. The Bertz CT molecular complexity index is 489. The number of rotatable bonds is 5. The van der Waals surface area contributed by atoms with E-state index in [1.807, 2.05) is 37.3 Å². The summed E-state index contributed by atoms with van der Waals surface area (Å²) >= 11 is 0. The molecule has 1 aromatic carbocycles. The highest BCUT2D eigenvalue weighted by Gasteiger charge is 2.34. The fourth-order valence-electron chi connectivity index (χ4n) is 1.82. The van der Waals surface area contributed by atoms with Crippen LogP contribution in [0.15, 0.2) is 35.7 Å². The molecule has 4 heteroatoms. The molecule has 0 atom stereocenters. The Balaban J connectivity index is 2.14. The summed E-state index contributed by atoms with van der Waals surface area (Å²) < 4.78 is 25.7. The lowest BCUT2D eigenvalue weighted by Crippen LogP contribution is -2.31. The molecule has 0 unspecified atom stereocenters. The third-order valence-electron chi connectivity index (χ3n) is 2.82. The molecule has 0 aliphatic heterocycles. The van der Waals surface area contributed by atoms with Crippen LogP contribution in [-0.2, 0) is 10.0 Å². The van der Waals surface area contributed by atoms with Crippen molar-refractivity contribution in [1.82, 2.24) is 4.31 Å². The van der Waals surface area contributed by atoms with Gasteiger partial charge >= 0.3 is 0 Å². The van der Waals surface area contributed by atoms with Gasteiger partial charge in [-0.1, -0.05) is 37.3 Å². The van der Waals surface area contributed by atoms with Crippen LogP contribution in [0, 0.1) is 0 Å². The van der Waals surface area contributed by atoms with Gasteiger partial charge in [0.1, 0.15) is 0 Å². The Labute approximate surface area is 103 Å². The van der Waals surface area contributed by atoms with Crippen molar-refractivity contribution >= 4 is 16.1 Å². The van der Waals surface area contributed by atoms with Crippen LogP contribution >= 0.6 is 0 Å². The van der Waals surface area contributed by atoms with E-state index in [4.69, 9.17) is 0 Å². The molecular formula is C13H17NO2S. The van der Waals surface area contributed by atoms with Gasteiger partial charge in [-0.15, -0.1) is 0 Å². The van der Waals surface area contributed by atoms with Crippen LogP contribution in [-0.4, -0.2) is 25.3 Å². The van der Waals surface area contributed by atoms with Crippen LogP contribution in [0.5, 0.6) is 0 Å². The van der Waals surface area contributed by atoms with Crippen molar-refractivity contribution in [1.29, 1.82) is 0 Å². The molecular weight excluding hydrogens is 234 g/mol. The van der Waals surface area contributed by atoms with Gasteiger partial charge in [0.15, 0.2) is 0 Å². The minimum atomic E-state index is -3.25. The van der Waals surface area contributed by atoms with Gasteiger partial charge in [0.25, 0.3) is 0 Å². The summed E-state index contributed by atoms with van der Waals surface area (Å²) in [6, 6.07) is 9.70. The molecule has 1 saturated carbocycles. The highest BCUT2D eigenvalue weighted by molar-refractivity contribution is 7.92. The lowest BCUT2D eigenvalue weighted by molar-refractivity contribution is 0.428. The molecule has 2 rings (SSSR count). The first-order chi connectivity index (χ1) is 8.13. The van der Waals surface area contributed by atoms with Gasteiger partial charge in [-0.05, 0) is 24.5 Å². The minimum Gasteiger partial charge on any atom is -0.207 e. The Hall–Kier alpha value is -1.13. The Kier molecular flexibility index (Phi) is 3.64. The van der Waals surface area contributed by atoms with Crippen molar-refractivity contribution in [3.63, 3.8) is 0 Å². The second-order valence-electron chi connectivity index (χ2n) is 4.19. The van der Waals surface area contributed by atoms with E-state index >= 15 is 0 Å². The van der Waals surface area contributed by atoms with Crippen molar-refractivity contribution < 1.29 is 8.42 Å². The molecule has 0 bridgehead atoms. The molecule has 1 fully saturated rings. The van der Waals surface area contributed by atoms with Gasteiger partial charge in [0.2, 0.25) is 10.0 Å². The normalized spacial score (nSPS) is 16.8. The SMILES string of the molecule is CCN(C1CC1)S(=O)(=O)C=Cc1ccccc1. The number of nitrogens with zero attached hydrogens (tertiary/aromatic N) is 1. The van der Waals surface area contributed by atoms with Gasteiger partial charge in [0.05, 0.1) is 0 Å². The van der Waals surface area contributed by atoms with Crippen molar-refractivity contribution in [2.75, 3.05) is 6.54 Å². The molecule has 1 aliphatic rings. The number of sulfonamides is 1. The van der Waals surface area contributed by atoms with Crippen LogP contribution in [0.25, 0.3) is 6.08 Å². The summed E-state index contributed by atoms with van der Waals surface area (Å²) in [5.41, 5.74) is 0.905. The van der Waals surface area contributed by atoms with E-state index in [0.717, 1.165) is 18.4 Å². The van der Waals surface area contributed by atoms with Crippen molar-refractivity contribution in [2.24, 2.45) is 0 Å². The van der Waals surface area contributed by atoms with E-state index in [1.54, 1.807) is 10.4 Å². The molecule has 3 nitrogen and oxygen atoms in total. The average molecular weight is 251 g/mol. The summed E-state index contributed by atoms with van der Waals surface area (Å²) in [5.74, 6) is 0. The minimum absolute atomic E-state index is 0.227. The van der Waals surface area contributed by atoms with Crippen LogP contribution < -0.4 is 0 Å². The molecule has 92 valence electrons. The highest BCUT2D eigenvalue weighted by Crippen LogP contribution is 2.29. The first-order valence-corrected chi connectivity index (χ1v) is 7.39. The number of benzene rings is 1. The van der Waals surface area contributed by atoms with Crippen LogP contribution in [0.4, 0.5) is 0 Å². The van der Waals surface area contributed by atoms with E-state index in [1.165, 1.54) is 5.41 Å². The van der Waals surface area contributed by atoms with Crippen molar-refractivity contribution in [2.45, 2.75) is 25.8 Å². The van der Waals surface area contributed by atoms with E-state index in [-0.39, 0.29) is 6.04 Å². The zero-order chi connectivity index (χ0) is 12.3. The maximum Gasteiger partial charge on any atom is 0.236 e. The second kappa shape index (κ2) is 5.02. The van der Waals surface area contributed by atoms with E-state index < -0.39 is 10.0 Å². The molecule has 0 saturated heterocycles. The quantitative estimate of drug-likeness (QED) is 0.806. The first kappa shape index (κ1) is 12.3. The summed E-state index contributed by atoms with van der Waals surface area (Å²) in [4.78, 5) is 0. The molecule has 1 aliphatic carbocycles. The third kappa shape index (κ3) is 3.17. The predicted molar refractivity (Wildman–Crippen MR) is 69.8 cm³/mol. The Morgan fingerprint density at radius 1 is 1.29 bits per heavy atom. The molecule has 0 spiro atoms. The maximum absolute atomic E-state index is 12.1. The fourth-order valence-corrected chi connectivity index (χ4v) is 3.29. The number of hydrogen-bond acceptors (Lipinski definition) is 2. The van der Waals surface area contributed by atoms with Gasteiger partial charge in [-0.2, -0.15) is 4.31 Å². The van der Waals surface area contributed by atoms with Crippen molar-refractivity contribution in [3.8, 4) is 0 Å². The molecule has 0 heterocycles. The summed E-state index contributed by atoms with van der Waals surface area (Å²) in [6.07, 6.45) is 3.64. The van der Waals surface area contributed by atoms with E-state index in [0.29, 0.717) is 6.54 Å². The van der Waals surface area contributed by atoms with Gasteiger partial charge in [0, 0.05) is 18.0 Å². The number of hydrogen-bond donors (Lipinski definition) is 0. The van der Waals surface area contributed by atoms with Crippen LogP contribution in [0.3, 0.4) is 0 Å². The first-order valence-electron chi connectivity index (χ1n) is 5.88. The van der Waals surface area contributed by atoms with Gasteiger partial charge in [-0.3, -0.25) is 0 Å². The smallest absolute Gasteiger partial charge is 0.207 e. The van der Waals surface area contributed by atoms with Crippen LogP contribution in [0.1, 0.15) is 25.3 Å². The predicted octanol–water partition coefficient (Wildman–Crippen LogP) is 2.47. The average Bonchev–Trinajstić information content (AvgIpc) is 3.13. The zero-order valence-electron chi connectivity index (χ0n) is 9.91. The molecule has 1 aromatic rings. The zero-order valence-corrected chi connectivity index (χ0v) is 10.7. The van der Waals surface area contributed by atoms with Crippen LogP contribution in [0.2, 0.25) is 0 Å². The standard InChI is InChI=1S/C13H17NO2S/c1-2-14(13-8-9-13)17(15,16)11-10-12-6-4-3-5-7-12/h3-7,10-11,13H,2,8-9H2,1H3. The van der Waals surface area contributed by atoms with Crippen molar-refractivity contribution in [3.05, 3.63) is 41.3 Å².